The van der Waals surface area contributed by atoms with Crippen LogP contribution in [0.3, 0.4) is 0 Å². The van der Waals surface area contributed by atoms with Gasteiger partial charge in [-0.15, -0.1) is 0 Å². The summed E-state index contributed by atoms with van der Waals surface area (Å²) in [6.45, 7) is 0.743. The number of benzene rings is 2. The molecule has 2 heterocycles. The Balaban J connectivity index is 1.79. The molecule has 8 heteroatoms. The first-order chi connectivity index (χ1) is 15.1. The summed E-state index contributed by atoms with van der Waals surface area (Å²) >= 11 is 0. The summed E-state index contributed by atoms with van der Waals surface area (Å²) in [7, 11) is 1.51. The number of halogens is 1. The molecule has 4 aromatic rings. The summed E-state index contributed by atoms with van der Waals surface area (Å²) in [6, 6.07) is 17.4. The first-order valence-corrected chi connectivity index (χ1v) is 9.91. The Morgan fingerprint density at radius 1 is 1.19 bits per heavy atom. The van der Waals surface area contributed by atoms with Crippen LogP contribution in [0.5, 0.6) is 0 Å². The molecule has 0 radical (unpaired) electrons. The number of nitrogens with zero attached hydrogens (tertiary/aromatic N) is 2. The van der Waals surface area contributed by atoms with Crippen molar-refractivity contribution < 1.29 is 14.2 Å². The number of rotatable bonds is 8. The van der Waals surface area contributed by atoms with Crippen LogP contribution in [-0.2, 0) is 11.3 Å². The van der Waals surface area contributed by atoms with Crippen LogP contribution in [0.2, 0.25) is 0 Å². The van der Waals surface area contributed by atoms with Crippen LogP contribution in [0, 0.1) is 5.82 Å². The first kappa shape index (κ1) is 20.9. The number of H-pyrrole nitrogens is 1. The van der Waals surface area contributed by atoms with Gasteiger partial charge in [-0.25, -0.2) is 9.07 Å². The number of hydrogen-bond donors (Lipinski definition) is 3. The van der Waals surface area contributed by atoms with Crippen molar-refractivity contribution in [2.75, 3.05) is 20.3 Å². The minimum Gasteiger partial charge on any atom is -0.389 e. The minimum absolute atomic E-state index is 0.204. The molecule has 0 aliphatic heterocycles. The molecule has 4 rings (SSSR count). The summed E-state index contributed by atoms with van der Waals surface area (Å²) in [6.07, 6.45) is -0.670. The quantitative estimate of drug-likeness (QED) is 0.406. The van der Waals surface area contributed by atoms with E-state index in [1.54, 1.807) is 22.9 Å². The van der Waals surface area contributed by atoms with Crippen molar-refractivity contribution in [1.29, 1.82) is 0 Å². The Morgan fingerprint density at radius 2 is 2.00 bits per heavy atom. The topological polar surface area (TPSA) is 92.2 Å². The molecule has 2 aromatic heterocycles. The largest absolute Gasteiger partial charge is 0.389 e. The second-order valence-electron chi connectivity index (χ2n) is 7.23. The number of fused-ring (bicyclic) bond motifs is 1. The molecule has 31 heavy (non-hydrogen) atoms. The van der Waals surface area contributed by atoms with Gasteiger partial charge in [0.2, 0.25) is 0 Å². The number of para-hydroxylation sites is 1. The van der Waals surface area contributed by atoms with Gasteiger partial charge in [0, 0.05) is 36.7 Å². The third kappa shape index (κ3) is 4.56. The van der Waals surface area contributed by atoms with Gasteiger partial charge in [-0.2, -0.15) is 5.10 Å². The zero-order valence-corrected chi connectivity index (χ0v) is 17.0. The number of aromatic nitrogens is 3. The van der Waals surface area contributed by atoms with E-state index in [9.17, 15) is 14.3 Å². The highest BCUT2D eigenvalue weighted by Gasteiger charge is 2.17. The number of aliphatic hydroxyl groups is 1. The van der Waals surface area contributed by atoms with E-state index in [1.165, 1.54) is 19.2 Å². The van der Waals surface area contributed by atoms with Crippen molar-refractivity contribution in [2.24, 2.45) is 0 Å². The van der Waals surface area contributed by atoms with Gasteiger partial charge in [0.1, 0.15) is 17.2 Å². The fraction of sp³-hybridized carbons (Fsp3) is 0.217. The van der Waals surface area contributed by atoms with E-state index in [0.29, 0.717) is 27.9 Å². The number of methoxy groups -OCH3 is 1. The average Bonchev–Trinajstić information content (AvgIpc) is 3.13. The zero-order valence-electron chi connectivity index (χ0n) is 17.0. The summed E-state index contributed by atoms with van der Waals surface area (Å²) in [5.41, 5.74) is 2.71. The minimum atomic E-state index is -0.670. The fourth-order valence-electron chi connectivity index (χ4n) is 3.48. The van der Waals surface area contributed by atoms with E-state index in [4.69, 9.17) is 4.74 Å². The molecule has 1 unspecified atom stereocenters. The molecule has 0 saturated heterocycles. The van der Waals surface area contributed by atoms with Crippen molar-refractivity contribution in [2.45, 2.75) is 12.6 Å². The van der Waals surface area contributed by atoms with E-state index in [1.807, 2.05) is 30.3 Å². The summed E-state index contributed by atoms with van der Waals surface area (Å²) < 4.78 is 20.5. The molecule has 0 amide bonds. The molecule has 0 fully saturated rings. The summed E-state index contributed by atoms with van der Waals surface area (Å²) in [4.78, 5) is 15.7. The Hall–Kier alpha value is -3.33. The van der Waals surface area contributed by atoms with Crippen molar-refractivity contribution in [1.82, 2.24) is 20.1 Å². The van der Waals surface area contributed by atoms with Crippen molar-refractivity contribution in [3.63, 3.8) is 0 Å². The highest BCUT2D eigenvalue weighted by molar-refractivity contribution is 5.92. The molecule has 2 aromatic carbocycles. The predicted octanol–water partition coefficient (Wildman–Crippen LogP) is 2.62. The lowest BCUT2D eigenvalue weighted by Crippen LogP contribution is -2.31. The van der Waals surface area contributed by atoms with Crippen LogP contribution in [-0.4, -0.2) is 46.2 Å². The molecular weight excluding hydrogens is 399 g/mol. The van der Waals surface area contributed by atoms with E-state index in [-0.39, 0.29) is 31.1 Å². The third-order valence-electron chi connectivity index (χ3n) is 4.92. The Labute approximate surface area is 178 Å². The molecule has 160 valence electrons. The molecule has 0 bridgehead atoms. The van der Waals surface area contributed by atoms with Gasteiger partial charge in [-0.05, 0) is 30.3 Å². The highest BCUT2D eigenvalue weighted by Crippen LogP contribution is 2.29. The monoisotopic (exact) mass is 422 g/mol. The van der Waals surface area contributed by atoms with Gasteiger partial charge >= 0.3 is 0 Å². The lowest BCUT2D eigenvalue weighted by Gasteiger charge is -2.10. The van der Waals surface area contributed by atoms with Crippen molar-refractivity contribution in [3.05, 3.63) is 82.4 Å². The normalized spacial score (nSPS) is 12.4. The standard InChI is InChI=1S/C23H23FN4O3/c1-31-14-19(29)13-25-12-16-11-20-21(15-6-5-7-17(24)10-15)27-28(22(20)26-23(16)30)18-8-3-2-4-9-18/h2-11,19,25,29H,12-14H2,1H3,(H,26,30). The van der Waals surface area contributed by atoms with Crippen molar-refractivity contribution in [3.8, 4) is 16.9 Å². The highest BCUT2D eigenvalue weighted by atomic mass is 19.1. The van der Waals surface area contributed by atoms with Crippen LogP contribution >= 0.6 is 0 Å². The number of hydrogen-bond acceptors (Lipinski definition) is 5. The second-order valence-corrected chi connectivity index (χ2v) is 7.23. The first-order valence-electron chi connectivity index (χ1n) is 9.91. The molecule has 0 spiro atoms. The van der Waals surface area contributed by atoms with Crippen LogP contribution in [0.25, 0.3) is 28.0 Å². The Morgan fingerprint density at radius 3 is 2.74 bits per heavy atom. The molecule has 1 atom stereocenters. The predicted molar refractivity (Wildman–Crippen MR) is 117 cm³/mol. The van der Waals surface area contributed by atoms with E-state index in [2.05, 4.69) is 15.4 Å². The van der Waals surface area contributed by atoms with Gasteiger partial charge in [0.05, 0.1) is 18.4 Å². The van der Waals surface area contributed by atoms with Crippen LogP contribution in [0.4, 0.5) is 4.39 Å². The van der Waals surface area contributed by atoms with Gasteiger partial charge in [-0.1, -0.05) is 30.3 Å². The maximum atomic E-state index is 13.9. The van der Waals surface area contributed by atoms with Crippen molar-refractivity contribution >= 4 is 11.0 Å². The Bertz CT molecular complexity index is 1240. The summed E-state index contributed by atoms with van der Waals surface area (Å²) in [5, 5.41) is 18.2. The number of nitrogens with one attached hydrogen (secondary N) is 2. The van der Waals surface area contributed by atoms with Crippen LogP contribution < -0.4 is 10.9 Å². The molecule has 7 nitrogen and oxygen atoms in total. The van der Waals surface area contributed by atoms with E-state index in [0.717, 1.165) is 5.69 Å². The van der Waals surface area contributed by atoms with Gasteiger partial charge in [-0.3, -0.25) is 4.79 Å². The number of aliphatic hydroxyl groups excluding tert-OH is 1. The molecular formula is C23H23FN4O3. The maximum Gasteiger partial charge on any atom is 0.254 e. The van der Waals surface area contributed by atoms with Crippen LogP contribution in [0.15, 0.2) is 65.5 Å². The van der Waals surface area contributed by atoms with Crippen LogP contribution in [0.1, 0.15) is 5.56 Å². The molecule has 0 saturated carbocycles. The second kappa shape index (κ2) is 9.22. The smallest absolute Gasteiger partial charge is 0.254 e. The van der Waals surface area contributed by atoms with E-state index >= 15 is 0 Å². The SMILES string of the molecule is COCC(O)CNCc1cc2c(-c3cccc(F)c3)nn(-c3ccccc3)c2[nH]c1=O. The number of ether oxygens (including phenoxy) is 1. The number of aromatic amines is 1. The van der Waals surface area contributed by atoms with E-state index < -0.39 is 6.10 Å². The molecule has 0 aliphatic carbocycles. The Kier molecular flexibility index (Phi) is 6.22. The van der Waals surface area contributed by atoms with Gasteiger partial charge in [0.25, 0.3) is 5.56 Å². The maximum absolute atomic E-state index is 13.9. The third-order valence-corrected chi connectivity index (χ3v) is 4.92. The lowest BCUT2D eigenvalue weighted by atomic mass is 10.1. The molecule has 0 aliphatic rings. The number of pyridine rings is 1. The summed E-state index contributed by atoms with van der Waals surface area (Å²) in [5.74, 6) is -0.363. The fourth-order valence-corrected chi connectivity index (χ4v) is 3.48. The van der Waals surface area contributed by atoms with Gasteiger partial charge in [0.15, 0.2) is 0 Å². The zero-order chi connectivity index (χ0) is 21.8. The average molecular weight is 422 g/mol. The van der Waals surface area contributed by atoms with Gasteiger partial charge < -0.3 is 20.1 Å². The lowest BCUT2D eigenvalue weighted by molar-refractivity contribution is 0.0644. The molecule has 3 N–H and O–H groups in total.